The monoisotopic (exact) mass is 318 g/mol. The molecule has 0 aliphatic rings. The number of nitrogen functional groups attached to an aromatic ring is 1. The Balaban J connectivity index is 1.78. The number of nitrogens with zero attached hydrogens (tertiary/aromatic N) is 6. The van der Waals surface area contributed by atoms with Gasteiger partial charge in [0.15, 0.2) is 16.7 Å². The van der Waals surface area contributed by atoms with Gasteiger partial charge in [0, 0.05) is 11.5 Å². The van der Waals surface area contributed by atoms with Gasteiger partial charge in [0.05, 0.1) is 11.5 Å². The van der Waals surface area contributed by atoms with Crippen molar-refractivity contribution in [1.29, 1.82) is 0 Å². The van der Waals surface area contributed by atoms with Gasteiger partial charge in [-0.25, -0.2) is 4.68 Å². The molecule has 2 aromatic heterocycles. The fourth-order valence-corrected chi connectivity index (χ4v) is 2.10. The number of benzene rings is 1. The van der Waals surface area contributed by atoms with E-state index in [2.05, 4.69) is 24.8 Å². The Kier molecular flexibility index (Phi) is 3.62. The van der Waals surface area contributed by atoms with E-state index in [0.717, 1.165) is 17.0 Å². The minimum Gasteiger partial charge on any atom is -0.543 e. The number of rotatable bonds is 5. The van der Waals surface area contributed by atoms with Crippen molar-refractivity contribution in [3.8, 4) is 0 Å². The van der Waals surface area contributed by atoms with Crippen molar-refractivity contribution >= 4 is 39.4 Å². The van der Waals surface area contributed by atoms with Crippen molar-refractivity contribution in [2.24, 2.45) is 5.16 Å². The lowest BCUT2D eigenvalue weighted by Crippen LogP contribution is -2.33. The summed E-state index contributed by atoms with van der Waals surface area (Å²) in [5.41, 5.74) is 6.26. The summed E-state index contributed by atoms with van der Waals surface area (Å²) in [6.07, 6.45) is 0. The molecule has 0 amide bonds. The molecule has 0 bridgehead atoms. The third kappa shape index (κ3) is 2.69. The van der Waals surface area contributed by atoms with Crippen LogP contribution in [-0.2, 0) is 16.4 Å². The van der Waals surface area contributed by atoms with E-state index in [4.69, 9.17) is 10.6 Å². The highest BCUT2D eigenvalue weighted by atomic mass is 32.1. The molecule has 1 aromatic carbocycles. The molecule has 0 saturated carbocycles. The van der Waals surface area contributed by atoms with Crippen LogP contribution in [0.25, 0.3) is 11.0 Å². The molecule has 0 aliphatic carbocycles. The first-order valence-electron chi connectivity index (χ1n) is 5.94. The van der Waals surface area contributed by atoms with E-state index in [-0.39, 0.29) is 17.7 Å². The molecular formula is C11H8N7O3S-. The maximum atomic E-state index is 11.0. The largest absolute Gasteiger partial charge is 0.543 e. The van der Waals surface area contributed by atoms with E-state index in [0.29, 0.717) is 5.52 Å². The number of fused-ring (bicyclic) bond motifs is 1. The Labute approximate surface area is 127 Å². The second-order valence-corrected chi connectivity index (χ2v) is 4.80. The zero-order chi connectivity index (χ0) is 15.5. The summed E-state index contributed by atoms with van der Waals surface area (Å²) in [6, 6.07) is 7.23. The summed E-state index contributed by atoms with van der Waals surface area (Å²) in [6.45, 7) is -0.128. The third-order valence-corrected chi connectivity index (χ3v) is 3.15. The number of carboxylic acid groups (broad SMARTS) is 1. The lowest BCUT2D eigenvalue weighted by molar-refractivity contribution is -0.294. The van der Waals surface area contributed by atoms with Gasteiger partial charge in [-0.2, -0.15) is 9.36 Å². The molecule has 3 rings (SSSR count). The van der Waals surface area contributed by atoms with Crippen LogP contribution in [0.2, 0.25) is 0 Å². The van der Waals surface area contributed by atoms with Crippen LogP contribution in [0, 0.1) is 0 Å². The standard InChI is InChI=1S/C11H9N7O3S/c12-11-13-9(16-22-11)8(10(19)20)15-21-5-18-7-4-2-1-3-6(7)14-17-18/h1-4H,5H2,(H,19,20)(H2,12,13,16)/p-1. The van der Waals surface area contributed by atoms with Crippen molar-refractivity contribution in [2.75, 3.05) is 5.73 Å². The van der Waals surface area contributed by atoms with E-state index in [1.165, 1.54) is 4.68 Å². The second-order valence-electron chi connectivity index (χ2n) is 4.02. The first kappa shape index (κ1) is 13.9. The molecule has 0 saturated heterocycles. The number of hydrogen-bond donors (Lipinski definition) is 1. The molecule has 0 fully saturated rings. The highest BCUT2D eigenvalue weighted by Gasteiger charge is 2.12. The Morgan fingerprint density at radius 3 is 3.00 bits per heavy atom. The topological polar surface area (TPSA) is 144 Å². The molecule has 3 aromatic rings. The molecule has 22 heavy (non-hydrogen) atoms. The van der Waals surface area contributed by atoms with Crippen LogP contribution in [0.1, 0.15) is 5.82 Å². The molecule has 0 aliphatic heterocycles. The molecule has 112 valence electrons. The minimum atomic E-state index is -1.57. The highest BCUT2D eigenvalue weighted by Crippen LogP contribution is 2.10. The molecular weight excluding hydrogens is 310 g/mol. The Morgan fingerprint density at radius 1 is 1.45 bits per heavy atom. The van der Waals surface area contributed by atoms with Gasteiger partial charge < -0.3 is 20.5 Å². The van der Waals surface area contributed by atoms with Crippen molar-refractivity contribution in [1.82, 2.24) is 24.4 Å². The summed E-state index contributed by atoms with van der Waals surface area (Å²) in [7, 11) is 0. The zero-order valence-corrected chi connectivity index (χ0v) is 11.7. The van der Waals surface area contributed by atoms with Crippen LogP contribution >= 0.6 is 11.5 Å². The van der Waals surface area contributed by atoms with Crippen molar-refractivity contribution in [3.63, 3.8) is 0 Å². The first-order valence-corrected chi connectivity index (χ1v) is 6.71. The van der Waals surface area contributed by atoms with Crippen LogP contribution in [0.5, 0.6) is 0 Å². The average molecular weight is 318 g/mol. The van der Waals surface area contributed by atoms with E-state index in [1.807, 2.05) is 12.1 Å². The summed E-state index contributed by atoms with van der Waals surface area (Å²) in [5.74, 6) is -1.73. The number of aromatic nitrogens is 5. The van der Waals surface area contributed by atoms with Crippen molar-refractivity contribution < 1.29 is 14.7 Å². The van der Waals surface area contributed by atoms with E-state index in [9.17, 15) is 9.90 Å². The fraction of sp³-hybridized carbons (Fsp3) is 0.0909. The SMILES string of the molecule is Nc1nc(C(=NOCn2nnc3ccccc32)C(=O)[O-])ns1. The number of anilines is 1. The first-order chi connectivity index (χ1) is 10.6. The fourth-order valence-electron chi connectivity index (χ4n) is 1.66. The third-order valence-electron chi connectivity index (χ3n) is 2.60. The molecule has 10 nitrogen and oxygen atoms in total. The number of nitrogens with two attached hydrogens (primary N) is 1. The summed E-state index contributed by atoms with van der Waals surface area (Å²) in [4.78, 5) is 19.7. The number of carbonyl (C=O) groups is 1. The van der Waals surface area contributed by atoms with E-state index in [1.54, 1.807) is 12.1 Å². The lowest BCUT2D eigenvalue weighted by Gasteiger charge is -2.04. The molecule has 0 radical (unpaired) electrons. The van der Waals surface area contributed by atoms with Gasteiger partial charge in [-0.3, -0.25) is 0 Å². The van der Waals surface area contributed by atoms with Gasteiger partial charge in [0.25, 0.3) is 0 Å². The minimum absolute atomic E-state index is 0.117. The predicted molar refractivity (Wildman–Crippen MR) is 74.5 cm³/mol. The molecule has 11 heteroatoms. The molecule has 2 heterocycles. The number of para-hydroxylation sites is 1. The molecule has 2 N–H and O–H groups in total. The van der Waals surface area contributed by atoms with E-state index < -0.39 is 11.7 Å². The Morgan fingerprint density at radius 2 is 2.27 bits per heavy atom. The van der Waals surface area contributed by atoms with Gasteiger partial charge in [-0.05, 0) is 12.1 Å². The number of carbonyl (C=O) groups excluding carboxylic acids is 1. The molecule has 0 atom stereocenters. The van der Waals surface area contributed by atoms with Crippen LogP contribution in [0.4, 0.5) is 5.13 Å². The quantitative estimate of drug-likeness (QED) is 0.465. The van der Waals surface area contributed by atoms with Crippen LogP contribution in [-0.4, -0.2) is 36.0 Å². The van der Waals surface area contributed by atoms with Crippen molar-refractivity contribution in [3.05, 3.63) is 30.1 Å². The Hall–Kier alpha value is -3.08. The Bertz CT molecular complexity index is 856. The molecule has 0 spiro atoms. The highest BCUT2D eigenvalue weighted by molar-refractivity contribution is 7.09. The number of aliphatic carboxylic acids is 1. The number of oxime groups is 1. The maximum Gasteiger partial charge on any atom is 0.211 e. The molecule has 0 unspecified atom stereocenters. The van der Waals surface area contributed by atoms with Crippen LogP contribution in [0.3, 0.4) is 0 Å². The predicted octanol–water partition coefficient (Wildman–Crippen LogP) is -1.01. The van der Waals surface area contributed by atoms with Crippen LogP contribution < -0.4 is 10.8 Å². The van der Waals surface area contributed by atoms with Gasteiger partial charge in [0.1, 0.15) is 5.52 Å². The number of hydrogen-bond acceptors (Lipinski definition) is 10. The average Bonchev–Trinajstić information content (AvgIpc) is 3.10. The smallest absolute Gasteiger partial charge is 0.211 e. The number of carboxylic acids is 1. The second kappa shape index (κ2) is 5.73. The van der Waals surface area contributed by atoms with Gasteiger partial charge >= 0.3 is 0 Å². The van der Waals surface area contributed by atoms with Crippen molar-refractivity contribution in [2.45, 2.75) is 6.73 Å². The summed E-state index contributed by atoms with van der Waals surface area (Å²) in [5, 5.41) is 22.4. The normalized spacial score (nSPS) is 11.7. The summed E-state index contributed by atoms with van der Waals surface area (Å²) >= 11 is 0.845. The summed E-state index contributed by atoms with van der Waals surface area (Å²) < 4.78 is 5.17. The van der Waals surface area contributed by atoms with Gasteiger partial charge in [-0.1, -0.05) is 22.5 Å². The maximum absolute atomic E-state index is 11.0. The zero-order valence-electron chi connectivity index (χ0n) is 10.9. The lowest BCUT2D eigenvalue weighted by atomic mass is 10.3. The van der Waals surface area contributed by atoms with Gasteiger partial charge in [0.2, 0.25) is 6.73 Å². The van der Waals surface area contributed by atoms with E-state index >= 15 is 0 Å². The van der Waals surface area contributed by atoms with Crippen LogP contribution in [0.15, 0.2) is 29.4 Å². The van der Waals surface area contributed by atoms with Gasteiger partial charge in [-0.15, -0.1) is 5.10 Å².